The van der Waals surface area contributed by atoms with Crippen LogP contribution in [-0.2, 0) is 14.3 Å². The number of methoxy groups -OCH3 is 1. The summed E-state index contributed by atoms with van der Waals surface area (Å²) in [7, 11) is 1.33. The van der Waals surface area contributed by atoms with Crippen molar-refractivity contribution < 1.29 is 14.3 Å². The van der Waals surface area contributed by atoms with Gasteiger partial charge in [-0.1, -0.05) is 27.7 Å². The van der Waals surface area contributed by atoms with E-state index in [1.165, 1.54) is 7.11 Å². The molecule has 0 unspecified atom stereocenters. The average Bonchev–Trinajstić information content (AvgIpc) is 2.25. The van der Waals surface area contributed by atoms with Crippen molar-refractivity contribution in [3.05, 3.63) is 0 Å². The molecule has 1 aliphatic rings. The highest BCUT2D eigenvalue weighted by Crippen LogP contribution is 2.46. The van der Waals surface area contributed by atoms with Crippen molar-refractivity contribution >= 4 is 11.9 Å². The largest absolute Gasteiger partial charge is 0.467 e. The van der Waals surface area contributed by atoms with Crippen LogP contribution in [0.1, 0.15) is 27.7 Å². The van der Waals surface area contributed by atoms with Crippen LogP contribution in [0.2, 0.25) is 0 Å². The first kappa shape index (κ1) is 11.0. The minimum absolute atomic E-state index is 0.0992. The zero-order chi connectivity index (χ0) is 11.1. The van der Waals surface area contributed by atoms with Crippen molar-refractivity contribution in [3.63, 3.8) is 0 Å². The summed E-state index contributed by atoms with van der Waals surface area (Å²) in [5.74, 6) is -0.480. The maximum atomic E-state index is 11.6. The number of nitrogens with one attached hydrogen (secondary N) is 1. The lowest BCUT2D eigenvalue weighted by Gasteiger charge is -2.34. The monoisotopic (exact) mass is 199 g/mol. The number of ether oxygens (including phenoxy) is 1. The SMILES string of the molecule is COC(=O)[C@H]1NC(=O)C(C)(C)C1(C)C. The molecular formula is C10H17NO3. The number of amides is 1. The molecule has 1 rings (SSSR count). The van der Waals surface area contributed by atoms with Crippen LogP contribution < -0.4 is 5.32 Å². The Hall–Kier alpha value is -1.06. The van der Waals surface area contributed by atoms with Gasteiger partial charge in [-0.25, -0.2) is 4.79 Å². The van der Waals surface area contributed by atoms with E-state index in [-0.39, 0.29) is 11.9 Å². The molecule has 1 atom stereocenters. The smallest absolute Gasteiger partial charge is 0.328 e. The van der Waals surface area contributed by atoms with Gasteiger partial charge in [-0.15, -0.1) is 0 Å². The first-order valence-corrected chi connectivity index (χ1v) is 4.64. The van der Waals surface area contributed by atoms with Crippen LogP contribution in [0.25, 0.3) is 0 Å². The van der Waals surface area contributed by atoms with Crippen molar-refractivity contribution in [2.45, 2.75) is 33.7 Å². The maximum absolute atomic E-state index is 11.6. The Balaban J connectivity index is 3.06. The molecule has 1 saturated heterocycles. The predicted octanol–water partition coefficient (Wildman–Crippen LogP) is 0.710. The summed E-state index contributed by atoms with van der Waals surface area (Å²) in [6, 6.07) is -0.546. The molecular weight excluding hydrogens is 182 g/mol. The minimum atomic E-state index is -0.550. The molecule has 1 aliphatic heterocycles. The fourth-order valence-electron chi connectivity index (χ4n) is 1.62. The third-order valence-corrected chi connectivity index (χ3v) is 3.61. The second kappa shape index (κ2) is 2.97. The van der Waals surface area contributed by atoms with Crippen LogP contribution in [0.3, 0.4) is 0 Å². The second-order valence-corrected chi connectivity index (χ2v) is 4.78. The zero-order valence-electron chi connectivity index (χ0n) is 9.30. The van der Waals surface area contributed by atoms with E-state index in [0.29, 0.717) is 0 Å². The molecule has 0 aromatic rings. The fourth-order valence-corrected chi connectivity index (χ4v) is 1.62. The molecule has 0 aliphatic carbocycles. The van der Waals surface area contributed by atoms with Crippen LogP contribution in [0.4, 0.5) is 0 Å². The highest BCUT2D eigenvalue weighted by Gasteiger charge is 2.57. The van der Waals surface area contributed by atoms with Gasteiger partial charge in [0.25, 0.3) is 0 Å². The summed E-state index contributed by atoms with van der Waals surface area (Å²) >= 11 is 0. The third kappa shape index (κ3) is 1.21. The van der Waals surface area contributed by atoms with Crippen molar-refractivity contribution in [1.29, 1.82) is 0 Å². The van der Waals surface area contributed by atoms with Crippen molar-refractivity contribution in [3.8, 4) is 0 Å². The highest BCUT2D eigenvalue weighted by atomic mass is 16.5. The summed E-state index contributed by atoms with van der Waals surface area (Å²) in [5.41, 5.74) is -0.983. The lowest BCUT2D eigenvalue weighted by Crippen LogP contribution is -2.43. The Labute approximate surface area is 84.0 Å². The van der Waals surface area contributed by atoms with Gasteiger partial charge in [0.2, 0.25) is 5.91 Å². The topological polar surface area (TPSA) is 55.4 Å². The molecule has 14 heavy (non-hydrogen) atoms. The highest BCUT2D eigenvalue weighted by molar-refractivity contribution is 5.93. The van der Waals surface area contributed by atoms with E-state index in [1.54, 1.807) is 0 Å². The van der Waals surface area contributed by atoms with E-state index in [1.807, 2.05) is 27.7 Å². The number of esters is 1. The standard InChI is InChI=1S/C10H17NO3/c1-9(2)6(7(12)14-5)11-8(13)10(9,3)4/h6H,1-5H3,(H,11,13)/t6-/m1/s1. The van der Waals surface area contributed by atoms with Crippen LogP contribution in [0.5, 0.6) is 0 Å². The van der Waals surface area contributed by atoms with Crippen LogP contribution in [0.15, 0.2) is 0 Å². The van der Waals surface area contributed by atoms with E-state index in [4.69, 9.17) is 0 Å². The fraction of sp³-hybridized carbons (Fsp3) is 0.800. The Morgan fingerprint density at radius 1 is 1.36 bits per heavy atom. The Kier molecular flexibility index (Phi) is 2.34. The quantitative estimate of drug-likeness (QED) is 0.633. The summed E-state index contributed by atoms with van der Waals surface area (Å²) in [4.78, 5) is 23.0. The predicted molar refractivity (Wildman–Crippen MR) is 51.5 cm³/mol. The second-order valence-electron chi connectivity index (χ2n) is 4.78. The summed E-state index contributed by atoms with van der Waals surface area (Å²) in [5, 5.41) is 2.67. The third-order valence-electron chi connectivity index (χ3n) is 3.61. The first-order valence-electron chi connectivity index (χ1n) is 4.64. The zero-order valence-corrected chi connectivity index (χ0v) is 9.30. The van der Waals surface area contributed by atoms with Crippen LogP contribution >= 0.6 is 0 Å². The number of hydrogen-bond acceptors (Lipinski definition) is 3. The molecule has 0 aromatic heterocycles. The molecule has 4 heteroatoms. The van der Waals surface area contributed by atoms with E-state index in [9.17, 15) is 9.59 Å². The molecule has 0 aromatic carbocycles. The molecule has 0 spiro atoms. The van der Waals surface area contributed by atoms with E-state index < -0.39 is 16.9 Å². The van der Waals surface area contributed by atoms with Gasteiger partial charge in [0.05, 0.1) is 12.5 Å². The van der Waals surface area contributed by atoms with Crippen molar-refractivity contribution in [2.24, 2.45) is 10.8 Å². The van der Waals surface area contributed by atoms with Gasteiger partial charge in [-0.05, 0) is 0 Å². The minimum Gasteiger partial charge on any atom is -0.467 e. The average molecular weight is 199 g/mol. The molecule has 0 bridgehead atoms. The van der Waals surface area contributed by atoms with Crippen LogP contribution in [0, 0.1) is 10.8 Å². The number of hydrogen-bond donors (Lipinski definition) is 1. The molecule has 1 fully saturated rings. The number of rotatable bonds is 1. The summed E-state index contributed by atoms with van der Waals surface area (Å²) < 4.78 is 4.66. The van der Waals surface area contributed by atoms with Crippen molar-refractivity contribution in [1.82, 2.24) is 5.32 Å². The van der Waals surface area contributed by atoms with Gasteiger partial charge in [-0.3, -0.25) is 4.79 Å². The van der Waals surface area contributed by atoms with E-state index in [2.05, 4.69) is 10.1 Å². The van der Waals surface area contributed by atoms with Gasteiger partial charge >= 0.3 is 5.97 Å². The van der Waals surface area contributed by atoms with Crippen LogP contribution in [-0.4, -0.2) is 25.0 Å². The number of carbonyl (C=O) groups excluding carboxylic acids is 2. The van der Waals surface area contributed by atoms with Crippen molar-refractivity contribution in [2.75, 3.05) is 7.11 Å². The summed E-state index contributed by atoms with van der Waals surface area (Å²) in [6.45, 7) is 7.47. The first-order chi connectivity index (χ1) is 6.25. The maximum Gasteiger partial charge on any atom is 0.328 e. The number of carbonyl (C=O) groups is 2. The normalized spacial score (nSPS) is 28.4. The van der Waals surface area contributed by atoms with Gasteiger partial charge in [0.15, 0.2) is 0 Å². The lowest BCUT2D eigenvalue weighted by molar-refractivity contribution is -0.146. The van der Waals surface area contributed by atoms with Gasteiger partial charge in [-0.2, -0.15) is 0 Å². The lowest BCUT2D eigenvalue weighted by atomic mass is 9.67. The Morgan fingerprint density at radius 2 is 1.86 bits per heavy atom. The van der Waals surface area contributed by atoms with Gasteiger partial charge < -0.3 is 10.1 Å². The molecule has 4 nitrogen and oxygen atoms in total. The van der Waals surface area contributed by atoms with E-state index >= 15 is 0 Å². The molecule has 0 radical (unpaired) electrons. The molecule has 0 saturated carbocycles. The molecule has 1 amide bonds. The van der Waals surface area contributed by atoms with Gasteiger partial charge in [0.1, 0.15) is 6.04 Å². The molecule has 1 heterocycles. The summed E-state index contributed by atoms with van der Waals surface area (Å²) in [6.07, 6.45) is 0. The molecule has 80 valence electrons. The Morgan fingerprint density at radius 3 is 2.14 bits per heavy atom. The molecule has 1 N–H and O–H groups in total. The van der Waals surface area contributed by atoms with E-state index in [0.717, 1.165) is 0 Å². The van der Waals surface area contributed by atoms with Gasteiger partial charge in [0, 0.05) is 5.41 Å². The Bertz CT molecular complexity index is 281.